The first-order chi connectivity index (χ1) is 51.4. The smallest absolute Gasteiger partial charge is 0.480 e. The van der Waals surface area contributed by atoms with Crippen molar-refractivity contribution in [1.82, 2.24) is 41.3 Å². The molecule has 4 aliphatic heterocycles. The molecule has 2 aromatic rings. The van der Waals surface area contributed by atoms with Crippen LogP contribution in [0.15, 0.2) is 80.4 Å². The molecule has 0 bridgehead atoms. The van der Waals surface area contributed by atoms with Gasteiger partial charge < -0.3 is 43.6 Å². The number of piperidine rings is 2. The lowest BCUT2D eigenvalue weighted by Crippen LogP contribution is -2.61. The molecule has 2 unspecified atom stereocenters. The van der Waals surface area contributed by atoms with E-state index in [-0.39, 0.29) is 102 Å². The summed E-state index contributed by atoms with van der Waals surface area (Å²) >= 11 is 0. The lowest BCUT2D eigenvalue weighted by atomic mass is 9.84. The van der Waals surface area contributed by atoms with Gasteiger partial charge in [0.15, 0.2) is 0 Å². The topological polar surface area (TPSA) is 306 Å². The highest BCUT2D eigenvalue weighted by Gasteiger charge is 2.49. The number of Topliss-reactive ketones (excluding diaryl/α,β-unsaturated/α-hetero) is 2. The molecule has 29 heteroatoms. The van der Waals surface area contributed by atoms with Crippen LogP contribution in [0, 0.1) is 35.5 Å². The van der Waals surface area contributed by atoms with E-state index >= 15 is 0 Å². The van der Waals surface area contributed by atoms with Crippen molar-refractivity contribution in [2.45, 2.75) is 271 Å². The number of allylic oxidation sites excluding steroid dienone is 2. The minimum absolute atomic E-state index is 0.00662. The zero-order valence-corrected chi connectivity index (χ0v) is 70.1. The molecule has 110 heavy (non-hydrogen) atoms. The predicted molar refractivity (Wildman–Crippen MR) is 423 cm³/mol. The molecule has 0 aromatic heterocycles. The summed E-state index contributed by atoms with van der Waals surface area (Å²) in [6, 6.07) is 13.9. The van der Waals surface area contributed by atoms with Crippen LogP contribution in [-0.2, 0) is 73.0 Å². The predicted octanol–water partition coefficient (Wildman–Crippen LogP) is 13.6. The average Bonchev–Trinajstić information content (AvgIpc) is 0.806. The van der Waals surface area contributed by atoms with Crippen molar-refractivity contribution in [1.29, 1.82) is 0 Å². The maximum atomic E-state index is 13.8. The van der Waals surface area contributed by atoms with Crippen molar-refractivity contribution in [3.8, 4) is 0 Å². The van der Waals surface area contributed by atoms with E-state index in [0.717, 1.165) is 69.0 Å². The summed E-state index contributed by atoms with van der Waals surface area (Å²) in [7, 11) is -4.94. The Balaban J connectivity index is 0.000000418. The molecule has 4 aliphatic rings. The highest BCUT2D eigenvalue weighted by Crippen LogP contribution is 2.36. The first-order valence-corrected chi connectivity index (χ1v) is 43.7. The van der Waals surface area contributed by atoms with Gasteiger partial charge in [-0.1, -0.05) is 116 Å². The van der Waals surface area contributed by atoms with Gasteiger partial charge in [-0.2, -0.15) is 21.6 Å². The highest BCUT2D eigenvalue weighted by molar-refractivity contribution is 7.88. The quantitative estimate of drug-likeness (QED) is 0.0258. The number of aliphatic carboxylic acids is 1. The number of hydrogen-bond donors (Lipinski definition) is 5. The third-order valence-electron chi connectivity index (χ3n) is 20.0. The van der Waals surface area contributed by atoms with Crippen LogP contribution in [0.3, 0.4) is 0 Å². The van der Waals surface area contributed by atoms with Gasteiger partial charge in [0.05, 0.1) is 24.3 Å². The number of nitrogens with zero attached hydrogens (tertiary/aromatic N) is 4. The molecule has 0 aliphatic carbocycles. The number of ketones is 2. The van der Waals surface area contributed by atoms with Gasteiger partial charge in [0.25, 0.3) is 11.8 Å². The number of rotatable bonds is 32. The number of carbonyl (C=O) groups excluding carboxylic acids is 8. The zero-order chi connectivity index (χ0) is 83.2. The van der Waals surface area contributed by atoms with E-state index in [0.29, 0.717) is 58.2 Å². The van der Waals surface area contributed by atoms with Crippen molar-refractivity contribution < 1.29 is 87.9 Å². The van der Waals surface area contributed by atoms with Crippen molar-refractivity contribution in [2.24, 2.45) is 35.5 Å². The summed E-state index contributed by atoms with van der Waals surface area (Å²) < 4.78 is 76.3. The summed E-state index contributed by atoms with van der Waals surface area (Å²) in [6.07, 6.45) is 17.1. The second-order valence-corrected chi connectivity index (χ2v) is 37.9. The number of nitrogens with one attached hydrogen (secondary N) is 4. The van der Waals surface area contributed by atoms with Crippen LogP contribution >= 0.6 is 0 Å². The van der Waals surface area contributed by atoms with Crippen molar-refractivity contribution in [2.75, 3.05) is 40.4 Å². The molecule has 6 amide bonds. The molecule has 4 fully saturated rings. The Hall–Kier alpha value is -7.15. The van der Waals surface area contributed by atoms with E-state index in [2.05, 4.69) is 88.4 Å². The molecular weight excluding hydrogens is 1460 g/mol. The molecule has 0 saturated carbocycles. The number of amides is 6. The molecule has 0 spiro atoms. The third-order valence-corrected chi connectivity index (χ3v) is 23.4. The van der Waals surface area contributed by atoms with E-state index in [1.807, 2.05) is 90.3 Å². The van der Waals surface area contributed by atoms with Gasteiger partial charge in [0.2, 0.25) is 26.0 Å². The van der Waals surface area contributed by atoms with Gasteiger partial charge in [-0.15, -0.1) is 13.2 Å². The van der Waals surface area contributed by atoms with E-state index in [9.17, 15) is 69.8 Å². The number of likely N-dealkylation sites (tertiary alicyclic amines) is 2. The molecular formula is C81H129F3N8O16SSi. The van der Waals surface area contributed by atoms with Crippen LogP contribution in [0.1, 0.15) is 220 Å². The minimum atomic E-state index is -5.39. The fourth-order valence-corrected chi connectivity index (χ4v) is 16.5. The van der Waals surface area contributed by atoms with Crippen LogP contribution < -0.4 is 21.5 Å². The number of hydrazine groups is 2. The van der Waals surface area contributed by atoms with Crippen LogP contribution in [0.4, 0.5) is 18.0 Å². The fraction of sp³-hybridized carbons (Fsp3) is 0.667. The normalized spacial score (nSPS) is 19.9. The molecule has 24 nitrogen and oxygen atoms in total. The number of benzene rings is 2. The molecule has 4 saturated heterocycles. The van der Waals surface area contributed by atoms with Gasteiger partial charge >= 0.3 is 27.7 Å². The second kappa shape index (κ2) is 46.1. The van der Waals surface area contributed by atoms with E-state index in [1.165, 1.54) is 47.2 Å². The molecule has 12 atom stereocenters. The fourth-order valence-electron chi connectivity index (χ4n) is 13.5. The van der Waals surface area contributed by atoms with E-state index < -0.39 is 77.4 Å². The summed E-state index contributed by atoms with van der Waals surface area (Å²) in [6.45, 7) is 40.0. The number of halogens is 3. The van der Waals surface area contributed by atoms with Gasteiger partial charge in [0.1, 0.15) is 41.3 Å². The van der Waals surface area contributed by atoms with Crippen LogP contribution in [0.25, 0.3) is 6.08 Å². The molecule has 6 rings (SSSR count). The maximum absolute atomic E-state index is 13.8. The summed E-state index contributed by atoms with van der Waals surface area (Å²) in [5, 5.41) is 17.5. The van der Waals surface area contributed by atoms with Gasteiger partial charge in [-0.05, 0) is 191 Å². The highest BCUT2D eigenvalue weighted by atomic mass is 32.2. The van der Waals surface area contributed by atoms with Crippen LogP contribution in [0.5, 0.6) is 0 Å². The van der Waals surface area contributed by atoms with E-state index in [4.69, 9.17) is 14.2 Å². The number of carboxylic acids is 1. The zero-order valence-electron chi connectivity index (χ0n) is 68.3. The standard InChI is InChI=1S/C36H54N4O5.C23H39N3O6.C18H27NO2.C4H9F3O3SSi/c1-8-10-19-33(45-7)25(5)32(41)23-29(24(3)4)34(42)37-26(6)35(43)40-21-14-17-30(38-40)36(44)39-20-12-11-18-31(39)28-16-13-15-27(9-2)22-28;1-7-8-11-20(32-6)15(4)19(27)13-17(14(2)3)21(28)24-16(5)22(29)26-12-9-10-18(25-26)23(30)31;1-5-14-9-8-10-15(13-14)16-11-6-7-12-19(16)17(20)21-18(2,3)4;1-12(2,3)10-11(8,9)4(5,6)7/h8-9,13,15-16,22,24-26,29-31,33,38H,1-2,10-12,14,17-21,23H2,3-7H3,(H,37,42);7,14-18,20,25H,1,8-13H2,2-6H3,(H,24,28)(H,30,31);8-10,13,16H,5-7,11-12H2,1-4H3;1-3H3/t25-,26-,29-,30-,31?,33+;15-,16-,17-,18-,20+;;/m00../s1. The summed E-state index contributed by atoms with van der Waals surface area (Å²) in [4.78, 5) is 120. The van der Waals surface area contributed by atoms with Crippen molar-refractivity contribution in [3.05, 3.63) is 103 Å². The number of carbonyl (C=O) groups is 9. The number of carboxylic acid groups (broad SMARTS) is 1. The first kappa shape index (κ1) is 97.0. The third kappa shape index (κ3) is 31.4. The monoisotopic (exact) mass is 1590 g/mol. The van der Waals surface area contributed by atoms with Gasteiger partial charge in [-0.3, -0.25) is 48.4 Å². The number of alkyl halides is 3. The molecule has 620 valence electrons. The Bertz CT molecular complexity index is 3480. The maximum Gasteiger partial charge on any atom is 0.522 e. The first-order valence-electron chi connectivity index (χ1n) is 38.9. The van der Waals surface area contributed by atoms with Crippen LogP contribution in [-0.4, -0.2) is 183 Å². The Labute approximate surface area is 653 Å². The molecule has 4 heterocycles. The second-order valence-electron chi connectivity index (χ2n) is 31.6. The lowest BCUT2D eigenvalue weighted by molar-refractivity contribution is -0.149. The van der Waals surface area contributed by atoms with Gasteiger partial charge in [0, 0.05) is 76.9 Å². The Morgan fingerprint density at radius 1 is 0.627 bits per heavy atom. The number of hydrogen-bond acceptors (Lipinski definition) is 17. The average molecular weight is 1590 g/mol. The molecule has 0 radical (unpaired) electrons. The number of ether oxygens (including phenoxy) is 3. The number of aryl methyl sites for hydroxylation is 1. The van der Waals surface area contributed by atoms with Gasteiger partial charge in [-0.25, -0.2) is 15.6 Å². The van der Waals surface area contributed by atoms with E-state index in [1.54, 1.807) is 40.2 Å². The van der Waals surface area contributed by atoms with Crippen molar-refractivity contribution >= 4 is 77.7 Å². The Morgan fingerprint density at radius 3 is 1.46 bits per heavy atom. The SMILES string of the molecule is C=CCC[C@@H](OC)[C@@H](C)C(=O)C[C@H](C(=O)N[C@@H](C)C(=O)N1CCC[C@@H](C(=O)N2CCCCC2c2cccc(C=C)c2)N1)C(C)C.C=CCC[C@@H](OC)[C@@H](C)C(=O)C[C@H](C(=O)N[C@@H](C)C(=O)N1CCC[C@@H](C(=O)O)N1)C(C)C.CCc1cccc(C2CCCCN2C(=O)OC(C)(C)C)c1.C[Si](C)(C)OS(=O)(=O)C(F)(F)F. The minimum Gasteiger partial charge on any atom is -0.480 e. The number of methoxy groups -OCH3 is 2. The Morgan fingerprint density at radius 2 is 1.06 bits per heavy atom. The summed E-state index contributed by atoms with van der Waals surface area (Å²) in [5.74, 6) is -4.62. The lowest BCUT2D eigenvalue weighted by Gasteiger charge is -2.41. The molecule has 5 N–H and O–H groups in total. The Kier molecular flexibility index (Phi) is 40.7. The summed E-state index contributed by atoms with van der Waals surface area (Å²) in [5.41, 5.74) is 4.81. The van der Waals surface area contributed by atoms with Crippen LogP contribution in [0.2, 0.25) is 19.6 Å². The molecule has 2 aromatic carbocycles. The largest absolute Gasteiger partial charge is 0.522 e. The van der Waals surface area contributed by atoms with Crippen molar-refractivity contribution in [3.63, 3.8) is 0 Å².